The molecule has 7 heteroatoms. The van der Waals surface area contributed by atoms with E-state index in [1.807, 2.05) is 0 Å². The number of ether oxygens (including phenoxy) is 1. The van der Waals surface area contributed by atoms with E-state index in [0.29, 0.717) is 16.8 Å². The summed E-state index contributed by atoms with van der Waals surface area (Å²) in [6, 6.07) is 0. The van der Waals surface area contributed by atoms with Crippen molar-refractivity contribution in [2.75, 3.05) is 6.61 Å². The number of nitro groups is 1. The van der Waals surface area contributed by atoms with Crippen molar-refractivity contribution in [1.82, 2.24) is 10.2 Å². The van der Waals surface area contributed by atoms with Crippen LogP contribution < -0.4 is 0 Å². The fraction of sp³-hybridized carbons (Fsp3) is 0.286. The average molecular weight is 289 g/mol. The van der Waals surface area contributed by atoms with Crippen LogP contribution in [0.4, 0.5) is 0 Å². The Labute approximate surface area is 121 Å². The van der Waals surface area contributed by atoms with Crippen LogP contribution in [0.15, 0.2) is 36.6 Å². The number of nitrogens with one attached hydrogen (secondary N) is 1. The Kier molecular flexibility index (Phi) is 4.02. The summed E-state index contributed by atoms with van der Waals surface area (Å²) < 4.78 is 4.95. The highest BCUT2D eigenvalue weighted by Gasteiger charge is 2.31. The van der Waals surface area contributed by atoms with E-state index in [2.05, 4.69) is 10.2 Å². The van der Waals surface area contributed by atoms with Crippen LogP contribution in [0.3, 0.4) is 0 Å². The highest BCUT2D eigenvalue weighted by Crippen LogP contribution is 2.24. The zero-order valence-electron chi connectivity index (χ0n) is 11.7. The molecule has 0 aliphatic heterocycles. The van der Waals surface area contributed by atoms with Gasteiger partial charge in [0.15, 0.2) is 0 Å². The number of carbonyl (C=O) groups excluding carboxylic acids is 1. The lowest BCUT2D eigenvalue weighted by atomic mass is 10.0. The van der Waals surface area contributed by atoms with Crippen molar-refractivity contribution in [2.45, 2.75) is 19.4 Å². The molecule has 1 aromatic rings. The number of aromatic amines is 1. The van der Waals surface area contributed by atoms with Crippen molar-refractivity contribution < 1.29 is 14.5 Å². The monoisotopic (exact) mass is 289 g/mol. The molecule has 0 fully saturated rings. The summed E-state index contributed by atoms with van der Waals surface area (Å²) in [6.07, 6.45) is 9.20. The first kappa shape index (κ1) is 14.7. The lowest BCUT2D eigenvalue weighted by Crippen LogP contribution is -2.29. The van der Waals surface area contributed by atoms with E-state index in [1.54, 1.807) is 25.2 Å². The molecule has 1 N–H and O–H groups in total. The molecule has 1 aliphatic carbocycles. The van der Waals surface area contributed by atoms with Crippen LogP contribution in [0, 0.1) is 10.1 Å². The molecule has 110 valence electrons. The molecule has 2 rings (SSSR count). The van der Waals surface area contributed by atoms with Crippen LogP contribution in [0.1, 0.15) is 29.9 Å². The number of carbonyl (C=O) groups is 1. The van der Waals surface area contributed by atoms with Gasteiger partial charge in [-0.1, -0.05) is 12.2 Å². The van der Waals surface area contributed by atoms with Gasteiger partial charge in [0.25, 0.3) is 5.54 Å². The molecule has 1 aromatic heterocycles. The van der Waals surface area contributed by atoms with Crippen molar-refractivity contribution in [1.29, 1.82) is 0 Å². The van der Waals surface area contributed by atoms with Crippen LogP contribution >= 0.6 is 0 Å². The Morgan fingerprint density at radius 3 is 2.95 bits per heavy atom. The number of esters is 1. The zero-order chi connectivity index (χ0) is 15.5. The van der Waals surface area contributed by atoms with E-state index in [9.17, 15) is 14.9 Å². The number of aromatic nitrogens is 2. The Hall–Kier alpha value is -2.70. The van der Waals surface area contributed by atoms with Gasteiger partial charge in [0.05, 0.1) is 18.5 Å². The number of H-pyrrole nitrogens is 1. The van der Waals surface area contributed by atoms with Gasteiger partial charge in [-0.05, 0) is 25.2 Å². The number of nitrogens with zero attached hydrogens (tertiary/aromatic N) is 2. The Morgan fingerprint density at radius 2 is 2.29 bits per heavy atom. The fourth-order valence-electron chi connectivity index (χ4n) is 1.87. The molecule has 0 aromatic carbocycles. The molecule has 0 spiro atoms. The second-order valence-electron chi connectivity index (χ2n) is 4.68. The van der Waals surface area contributed by atoms with Crippen LogP contribution in [-0.4, -0.2) is 33.2 Å². The van der Waals surface area contributed by atoms with E-state index in [0.717, 1.165) is 0 Å². The summed E-state index contributed by atoms with van der Waals surface area (Å²) in [6.45, 7) is 3.47. The van der Waals surface area contributed by atoms with E-state index >= 15 is 0 Å². The van der Waals surface area contributed by atoms with Crippen LogP contribution in [0.25, 0.3) is 5.57 Å². The maximum absolute atomic E-state index is 11.8. The normalized spacial score (nSPS) is 20.8. The zero-order valence-corrected chi connectivity index (χ0v) is 11.7. The Balaban J connectivity index is 2.35. The predicted molar refractivity (Wildman–Crippen MR) is 76.2 cm³/mol. The van der Waals surface area contributed by atoms with Crippen LogP contribution in [-0.2, 0) is 4.74 Å². The summed E-state index contributed by atoms with van der Waals surface area (Å²) >= 11 is 0. The second-order valence-corrected chi connectivity index (χ2v) is 4.68. The van der Waals surface area contributed by atoms with Crippen molar-refractivity contribution in [3.63, 3.8) is 0 Å². The molecule has 1 atom stereocenters. The molecule has 21 heavy (non-hydrogen) atoms. The largest absolute Gasteiger partial charge is 0.462 e. The first-order valence-electron chi connectivity index (χ1n) is 6.42. The Morgan fingerprint density at radius 1 is 1.52 bits per heavy atom. The maximum Gasteiger partial charge on any atom is 0.341 e. The summed E-state index contributed by atoms with van der Waals surface area (Å²) in [5.74, 6) is -0.485. The lowest BCUT2D eigenvalue weighted by Gasteiger charge is -2.10. The van der Waals surface area contributed by atoms with E-state index < -0.39 is 11.5 Å². The molecular weight excluding hydrogens is 274 g/mol. The molecule has 7 nitrogen and oxygen atoms in total. The maximum atomic E-state index is 11.8. The summed E-state index contributed by atoms with van der Waals surface area (Å²) in [4.78, 5) is 22.5. The predicted octanol–water partition coefficient (Wildman–Crippen LogP) is 2.13. The van der Waals surface area contributed by atoms with Gasteiger partial charge in [-0.15, -0.1) is 0 Å². The van der Waals surface area contributed by atoms with Gasteiger partial charge >= 0.3 is 5.97 Å². The van der Waals surface area contributed by atoms with E-state index in [4.69, 9.17) is 4.74 Å². The average Bonchev–Trinajstić information content (AvgIpc) is 2.83. The first-order valence-corrected chi connectivity index (χ1v) is 6.42. The van der Waals surface area contributed by atoms with Gasteiger partial charge in [-0.25, -0.2) is 4.79 Å². The topological polar surface area (TPSA) is 98.1 Å². The van der Waals surface area contributed by atoms with E-state index in [-0.39, 0.29) is 11.5 Å². The summed E-state index contributed by atoms with van der Waals surface area (Å²) in [5.41, 5.74) is 0.118. The van der Waals surface area contributed by atoms with Gasteiger partial charge in [0.1, 0.15) is 5.56 Å². The second kappa shape index (κ2) is 5.74. The van der Waals surface area contributed by atoms with Crippen LogP contribution in [0.5, 0.6) is 0 Å². The molecule has 1 heterocycles. The first-order chi connectivity index (χ1) is 9.98. The van der Waals surface area contributed by atoms with Crippen molar-refractivity contribution >= 4 is 11.5 Å². The number of hydrogen-bond acceptors (Lipinski definition) is 5. The van der Waals surface area contributed by atoms with E-state index in [1.165, 1.54) is 25.3 Å². The fourth-order valence-corrected chi connectivity index (χ4v) is 1.87. The van der Waals surface area contributed by atoms with Gasteiger partial charge in [0.2, 0.25) is 0 Å². The van der Waals surface area contributed by atoms with Gasteiger partial charge in [0, 0.05) is 17.4 Å². The minimum atomic E-state index is -1.28. The van der Waals surface area contributed by atoms with Gasteiger partial charge < -0.3 is 4.74 Å². The molecule has 0 radical (unpaired) electrons. The molecular formula is C14H15N3O4. The van der Waals surface area contributed by atoms with Crippen LogP contribution in [0.2, 0.25) is 0 Å². The van der Waals surface area contributed by atoms with Crippen molar-refractivity contribution in [2.24, 2.45) is 0 Å². The summed E-state index contributed by atoms with van der Waals surface area (Å²) in [7, 11) is 0. The van der Waals surface area contributed by atoms with Gasteiger partial charge in [-0.2, -0.15) is 5.10 Å². The third kappa shape index (κ3) is 2.91. The smallest absolute Gasteiger partial charge is 0.341 e. The quantitative estimate of drug-likeness (QED) is 0.520. The molecule has 0 saturated heterocycles. The van der Waals surface area contributed by atoms with Gasteiger partial charge in [-0.3, -0.25) is 15.2 Å². The highest BCUT2D eigenvalue weighted by atomic mass is 16.6. The Bertz CT molecular complexity index is 657. The summed E-state index contributed by atoms with van der Waals surface area (Å²) in [5, 5.41) is 17.6. The minimum absolute atomic E-state index is 0.262. The SMILES string of the molecule is CCOC(=O)c1cn[nH]c1C1=CC=CC(C)([N+](=O)[O-])C=C1. The third-order valence-electron chi connectivity index (χ3n) is 3.13. The number of hydrogen-bond donors (Lipinski definition) is 1. The number of allylic oxidation sites excluding steroid dienone is 4. The van der Waals surface area contributed by atoms with Crippen molar-refractivity contribution in [3.8, 4) is 0 Å². The molecule has 0 saturated carbocycles. The minimum Gasteiger partial charge on any atom is -0.462 e. The molecule has 0 bridgehead atoms. The standard InChI is InChI=1S/C14H15N3O4/c1-3-21-13(18)11-9-15-16-12(11)10-5-4-7-14(2,8-6-10)17(19)20/h4-9H,3H2,1-2H3,(H,15,16). The van der Waals surface area contributed by atoms with Crippen molar-refractivity contribution in [3.05, 3.63) is 57.9 Å². The lowest BCUT2D eigenvalue weighted by molar-refractivity contribution is -0.535. The molecule has 0 amide bonds. The molecule has 1 aliphatic rings. The highest BCUT2D eigenvalue weighted by molar-refractivity contribution is 5.95. The number of rotatable bonds is 4. The molecule has 1 unspecified atom stereocenters. The third-order valence-corrected chi connectivity index (χ3v) is 3.13.